The van der Waals surface area contributed by atoms with Crippen LogP contribution in [0.5, 0.6) is 0 Å². The smallest absolute Gasteiger partial charge is 0.391 e. The maximum Gasteiger partial charge on any atom is 0.391 e. The van der Waals surface area contributed by atoms with Crippen LogP contribution in [0, 0.1) is 11.8 Å². The van der Waals surface area contributed by atoms with Gasteiger partial charge >= 0.3 is 6.18 Å². The molecule has 5 N–H and O–H groups in total. The van der Waals surface area contributed by atoms with E-state index in [-0.39, 0.29) is 24.8 Å². The first-order valence-corrected chi connectivity index (χ1v) is 9.91. The molecule has 1 aromatic rings. The van der Waals surface area contributed by atoms with Gasteiger partial charge in [0.2, 0.25) is 0 Å². The monoisotopic (exact) mass is 396 g/mol. The molecule has 0 atom stereocenters. The van der Waals surface area contributed by atoms with Crippen LogP contribution in [-0.2, 0) is 0 Å². The number of aromatic nitrogens is 1. The third-order valence-corrected chi connectivity index (χ3v) is 6.47. The molecule has 1 aliphatic carbocycles. The molecule has 1 saturated carbocycles. The van der Waals surface area contributed by atoms with Crippen molar-refractivity contribution in [2.24, 2.45) is 28.4 Å². The molecule has 0 radical (unpaired) electrons. The Balaban J connectivity index is 1.38. The van der Waals surface area contributed by atoms with E-state index in [1.807, 2.05) is 12.3 Å². The summed E-state index contributed by atoms with van der Waals surface area (Å²) in [4.78, 5) is 9.68. The van der Waals surface area contributed by atoms with E-state index in [2.05, 4.69) is 14.9 Å². The predicted octanol–water partition coefficient (Wildman–Crippen LogP) is 3.32. The minimum atomic E-state index is -4.05. The average Bonchev–Trinajstić information content (AvgIpc) is 3.16. The Hall–Kier alpha value is -2.00. The molecule has 2 fully saturated rings. The van der Waals surface area contributed by atoms with Crippen LogP contribution in [-0.4, -0.2) is 46.5 Å². The number of aliphatic imine (C=N–C) groups is 1. The number of nitrogens with zero attached hydrogens (tertiary/aromatic N) is 3. The van der Waals surface area contributed by atoms with Gasteiger partial charge in [0, 0.05) is 29.4 Å². The summed E-state index contributed by atoms with van der Waals surface area (Å²) >= 11 is 0. The van der Waals surface area contributed by atoms with Gasteiger partial charge in [-0.1, -0.05) is 0 Å². The van der Waals surface area contributed by atoms with Gasteiger partial charge in [-0.25, -0.2) is 10.8 Å². The Morgan fingerprint density at radius 2 is 1.79 bits per heavy atom. The first-order chi connectivity index (χ1) is 13.3. The van der Waals surface area contributed by atoms with E-state index in [4.69, 9.17) is 11.6 Å². The molecule has 0 spiro atoms. The van der Waals surface area contributed by atoms with Gasteiger partial charge in [-0.15, -0.1) is 0 Å². The normalized spacial score (nSPS) is 29.1. The molecule has 2 aliphatic heterocycles. The fourth-order valence-electron chi connectivity index (χ4n) is 4.82. The van der Waals surface area contributed by atoms with E-state index in [1.54, 1.807) is 6.34 Å². The average molecular weight is 396 g/mol. The van der Waals surface area contributed by atoms with Gasteiger partial charge in [0.05, 0.1) is 11.6 Å². The zero-order chi connectivity index (χ0) is 19.9. The van der Waals surface area contributed by atoms with Gasteiger partial charge in [-0.2, -0.15) is 13.2 Å². The summed E-state index contributed by atoms with van der Waals surface area (Å²) in [5, 5.41) is 1.47. The van der Waals surface area contributed by atoms with Crippen molar-refractivity contribution in [3.05, 3.63) is 23.5 Å². The lowest BCUT2D eigenvalue weighted by Gasteiger charge is -2.41. The standard InChI is InChI=1S/C19H27F3N6/c20-19(21,22)13-1-3-14(4-2-13)27-9-6-12(7-10-27)16(23)17-15-5-8-25-18(15)26-11-28(17)24/h5,8,11-14,25H,1-4,6-7,9-10,23-24H2/b17-16-. The summed E-state index contributed by atoms with van der Waals surface area (Å²) < 4.78 is 38.6. The van der Waals surface area contributed by atoms with E-state index in [9.17, 15) is 13.2 Å². The topological polar surface area (TPSA) is 86.7 Å². The van der Waals surface area contributed by atoms with Gasteiger partial charge < -0.3 is 15.6 Å². The van der Waals surface area contributed by atoms with Crippen LogP contribution in [0.25, 0.3) is 5.70 Å². The number of hydrogen-bond donors (Lipinski definition) is 3. The lowest BCUT2D eigenvalue weighted by atomic mass is 9.83. The van der Waals surface area contributed by atoms with Crippen LogP contribution in [0.3, 0.4) is 0 Å². The second-order valence-electron chi connectivity index (χ2n) is 8.05. The van der Waals surface area contributed by atoms with Gasteiger partial charge in [-0.3, -0.25) is 5.01 Å². The number of nitrogens with two attached hydrogens (primary N) is 2. The van der Waals surface area contributed by atoms with Crippen LogP contribution in [0.15, 0.2) is 23.0 Å². The molecule has 1 saturated heterocycles. The third kappa shape index (κ3) is 3.65. The van der Waals surface area contributed by atoms with E-state index < -0.39 is 12.1 Å². The molecule has 6 nitrogen and oxygen atoms in total. The second kappa shape index (κ2) is 7.44. The van der Waals surface area contributed by atoms with Crippen molar-refractivity contribution in [3.63, 3.8) is 0 Å². The quantitative estimate of drug-likeness (QED) is 0.670. The molecule has 4 rings (SSSR count). The largest absolute Gasteiger partial charge is 0.400 e. The van der Waals surface area contributed by atoms with E-state index in [1.165, 1.54) is 5.01 Å². The highest BCUT2D eigenvalue weighted by atomic mass is 19.4. The van der Waals surface area contributed by atoms with Crippen LogP contribution >= 0.6 is 0 Å². The van der Waals surface area contributed by atoms with Crippen molar-refractivity contribution in [1.82, 2.24) is 14.9 Å². The number of allylic oxidation sites excluding steroid dienone is 1. The molecule has 0 bridgehead atoms. The molecule has 1 aromatic heterocycles. The minimum Gasteiger partial charge on any atom is -0.400 e. The highest BCUT2D eigenvalue weighted by Gasteiger charge is 2.42. The Morgan fingerprint density at radius 3 is 2.43 bits per heavy atom. The zero-order valence-electron chi connectivity index (χ0n) is 15.8. The second-order valence-corrected chi connectivity index (χ2v) is 8.05. The Bertz CT molecular complexity index is 752. The summed E-state index contributed by atoms with van der Waals surface area (Å²) in [5.74, 6) is 5.91. The molecule has 28 heavy (non-hydrogen) atoms. The zero-order valence-corrected chi connectivity index (χ0v) is 15.8. The number of halogens is 3. The SMILES string of the molecule is N/C(=C1/c2cc[nH]c2N=CN1N)C1CCN(C2CCC(C(F)(F)F)CC2)CC1. The fourth-order valence-corrected chi connectivity index (χ4v) is 4.82. The summed E-state index contributed by atoms with van der Waals surface area (Å²) in [7, 11) is 0. The number of rotatable bonds is 2. The first-order valence-electron chi connectivity index (χ1n) is 9.91. The van der Waals surface area contributed by atoms with Gasteiger partial charge in [0.15, 0.2) is 0 Å². The number of nitrogens with one attached hydrogen (secondary N) is 1. The molecule has 154 valence electrons. The molecule has 0 unspecified atom stereocenters. The predicted molar refractivity (Wildman–Crippen MR) is 102 cm³/mol. The van der Waals surface area contributed by atoms with Crippen LogP contribution in [0.4, 0.5) is 19.0 Å². The number of hydrogen-bond acceptors (Lipinski definition) is 5. The molecule has 0 amide bonds. The van der Waals surface area contributed by atoms with E-state index in [0.717, 1.165) is 48.7 Å². The van der Waals surface area contributed by atoms with Crippen LogP contribution in [0.2, 0.25) is 0 Å². The van der Waals surface area contributed by atoms with Crippen LogP contribution in [0.1, 0.15) is 44.1 Å². The number of H-pyrrole nitrogens is 1. The van der Waals surface area contributed by atoms with Crippen molar-refractivity contribution >= 4 is 17.9 Å². The Morgan fingerprint density at radius 1 is 1.11 bits per heavy atom. The summed E-state index contributed by atoms with van der Waals surface area (Å²) in [6.07, 6.45) is 2.85. The number of hydrazine groups is 1. The van der Waals surface area contributed by atoms with Crippen molar-refractivity contribution in [1.29, 1.82) is 0 Å². The Labute approximate surface area is 162 Å². The minimum absolute atomic E-state index is 0.207. The summed E-state index contributed by atoms with van der Waals surface area (Å²) in [6.45, 7) is 1.72. The number of alkyl halides is 3. The molecule has 0 aromatic carbocycles. The number of piperidine rings is 1. The molecule has 3 aliphatic rings. The maximum absolute atomic E-state index is 12.9. The van der Waals surface area contributed by atoms with Crippen LogP contribution < -0.4 is 11.6 Å². The van der Waals surface area contributed by atoms with Gasteiger partial charge in [0.25, 0.3) is 0 Å². The molecule has 9 heteroatoms. The van der Waals surface area contributed by atoms with Crippen molar-refractivity contribution in [2.45, 2.75) is 50.7 Å². The molecular weight excluding hydrogens is 369 g/mol. The molecular formula is C19H27F3N6. The summed E-state index contributed by atoms with van der Waals surface area (Å²) in [5.41, 5.74) is 8.96. The maximum atomic E-state index is 12.9. The van der Waals surface area contributed by atoms with Crippen molar-refractivity contribution in [2.75, 3.05) is 13.1 Å². The highest BCUT2D eigenvalue weighted by Crippen LogP contribution is 2.40. The lowest BCUT2D eigenvalue weighted by molar-refractivity contribution is -0.184. The molecule has 3 heterocycles. The van der Waals surface area contributed by atoms with E-state index >= 15 is 0 Å². The van der Waals surface area contributed by atoms with Gasteiger partial charge in [-0.05, 0) is 57.7 Å². The number of fused-ring (bicyclic) bond motifs is 1. The third-order valence-electron chi connectivity index (χ3n) is 6.47. The lowest BCUT2D eigenvalue weighted by Crippen LogP contribution is -2.45. The van der Waals surface area contributed by atoms with Crippen molar-refractivity contribution < 1.29 is 13.2 Å². The number of likely N-dealkylation sites (tertiary alicyclic amines) is 1. The number of aromatic amines is 1. The summed E-state index contributed by atoms with van der Waals surface area (Å²) in [6, 6.07) is 2.18. The van der Waals surface area contributed by atoms with Crippen molar-refractivity contribution in [3.8, 4) is 0 Å². The van der Waals surface area contributed by atoms with Gasteiger partial charge in [0.1, 0.15) is 12.2 Å². The highest BCUT2D eigenvalue weighted by molar-refractivity contribution is 5.86. The first kappa shape index (κ1) is 19.3. The van der Waals surface area contributed by atoms with E-state index in [0.29, 0.717) is 12.8 Å². The Kier molecular flexibility index (Phi) is 5.13. The fraction of sp³-hybridized carbons (Fsp3) is 0.632.